The fourth-order valence-corrected chi connectivity index (χ4v) is 4.65. The van der Waals surface area contributed by atoms with Crippen molar-refractivity contribution in [2.24, 2.45) is 0 Å². The number of carbonyl (C=O) groups is 1. The number of hydrogen-bond donors (Lipinski definition) is 0. The van der Waals surface area contributed by atoms with Gasteiger partial charge in [0.1, 0.15) is 0 Å². The fraction of sp³-hybridized carbons (Fsp3) is 0.429. The van der Waals surface area contributed by atoms with Crippen molar-refractivity contribution in [2.75, 3.05) is 5.75 Å². The third-order valence-electron chi connectivity index (χ3n) is 5.01. The number of aryl methyl sites for hydroxylation is 1. The second-order valence-corrected chi connectivity index (χ2v) is 9.04. The van der Waals surface area contributed by atoms with E-state index in [-0.39, 0.29) is 5.91 Å². The van der Waals surface area contributed by atoms with Crippen molar-refractivity contribution in [3.8, 4) is 5.69 Å². The van der Waals surface area contributed by atoms with Crippen LogP contribution < -0.4 is 0 Å². The lowest BCUT2D eigenvalue weighted by Gasteiger charge is -2.21. The topological polar surface area (TPSA) is 63.9 Å². The molecule has 0 unspecified atom stereocenters. The number of unbranched alkanes of at least 4 members (excludes halogenated alkanes) is 1. The van der Waals surface area contributed by atoms with Gasteiger partial charge in [-0.05, 0) is 76.2 Å². The highest BCUT2D eigenvalue weighted by molar-refractivity contribution is 7.99. The molecule has 152 valence electrons. The molecule has 1 saturated carbocycles. The molecule has 1 aliphatic rings. The van der Waals surface area contributed by atoms with Crippen molar-refractivity contribution in [3.05, 3.63) is 52.2 Å². The van der Waals surface area contributed by atoms with Gasteiger partial charge >= 0.3 is 0 Å². The van der Waals surface area contributed by atoms with Gasteiger partial charge in [0.25, 0.3) is 0 Å². The van der Waals surface area contributed by atoms with E-state index in [4.69, 9.17) is 0 Å². The summed E-state index contributed by atoms with van der Waals surface area (Å²) >= 11 is 3.07. The van der Waals surface area contributed by atoms with Gasteiger partial charge in [0.15, 0.2) is 0 Å². The van der Waals surface area contributed by atoms with E-state index in [9.17, 15) is 4.79 Å². The molecule has 1 aromatic carbocycles. The first-order valence-electron chi connectivity index (χ1n) is 10.1. The van der Waals surface area contributed by atoms with Gasteiger partial charge in [0.05, 0.1) is 11.4 Å². The lowest BCUT2D eigenvalue weighted by atomic mass is 10.1. The van der Waals surface area contributed by atoms with Crippen LogP contribution in [-0.2, 0) is 17.8 Å². The lowest BCUT2D eigenvalue weighted by molar-refractivity contribution is -0.129. The van der Waals surface area contributed by atoms with Crippen LogP contribution in [-0.4, -0.2) is 42.8 Å². The highest BCUT2D eigenvalue weighted by Crippen LogP contribution is 2.30. The molecule has 1 aliphatic carbocycles. The average Bonchev–Trinajstić information content (AvgIpc) is 3.25. The van der Waals surface area contributed by atoms with Gasteiger partial charge < -0.3 is 4.90 Å². The lowest BCUT2D eigenvalue weighted by Crippen LogP contribution is -2.33. The first-order chi connectivity index (χ1) is 14.2. The molecule has 4 rings (SSSR count). The summed E-state index contributed by atoms with van der Waals surface area (Å²) in [5.74, 6) is 0.489. The number of aromatic nitrogens is 4. The van der Waals surface area contributed by atoms with Crippen molar-refractivity contribution in [3.63, 3.8) is 0 Å². The van der Waals surface area contributed by atoms with Gasteiger partial charge in [-0.3, -0.25) is 4.79 Å². The molecule has 6 nitrogen and oxygen atoms in total. The molecule has 0 radical (unpaired) electrons. The molecule has 0 saturated heterocycles. The molecule has 0 spiro atoms. The monoisotopic (exact) mass is 427 g/mol. The molecule has 29 heavy (non-hydrogen) atoms. The number of thioether (sulfide) groups is 1. The average molecular weight is 428 g/mol. The van der Waals surface area contributed by atoms with E-state index >= 15 is 0 Å². The van der Waals surface area contributed by atoms with E-state index in [1.807, 2.05) is 17.0 Å². The van der Waals surface area contributed by atoms with Crippen LogP contribution >= 0.6 is 23.1 Å². The summed E-state index contributed by atoms with van der Waals surface area (Å²) in [7, 11) is 0. The van der Waals surface area contributed by atoms with Crippen LogP contribution in [0.4, 0.5) is 0 Å². The summed E-state index contributed by atoms with van der Waals surface area (Å²) in [4.78, 5) is 14.9. The molecule has 0 bridgehead atoms. The van der Waals surface area contributed by atoms with Gasteiger partial charge in [-0.25, -0.2) is 0 Å². The molecule has 3 aromatic rings. The number of benzene rings is 1. The van der Waals surface area contributed by atoms with E-state index in [1.54, 1.807) is 16.0 Å². The molecule has 0 atom stereocenters. The maximum Gasteiger partial charge on any atom is 0.233 e. The number of rotatable bonds is 10. The summed E-state index contributed by atoms with van der Waals surface area (Å²) in [5, 5.41) is 16.9. The van der Waals surface area contributed by atoms with Crippen molar-refractivity contribution >= 4 is 29.0 Å². The van der Waals surface area contributed by atoms with E-state index in [0.717, 1.165) is 24.9 Å². The Morgan fingerprint density at radius 1 is 1.24 bits per heavy atom. The third kappa shape index (κ3) is 5.25. The van der Waals surface area contributed by atoms with Crippen LogP contribution in [0.1, 0.15) is 43.7 Å². The van der Waals surface area contributed by atoms with E-state index in [2.05, 4.69) is 51.4 Å². The first-order valence-corrected chi connectivity index (χ1v) is 12.0. The van der Waals surface area contributed by atoms with Gasteiger partial charge in [0.2, 0.25) is 11.1 Å². The van der Waals surface area contributed by atoms with E-state index < -0.39 is 0 Å². The maximum absolute atomic E-state index is 12.9. The summed E-state index contributed by atoms with van der Waals surface area (Å²) in [6.45, 7) is 2.89. The number of hydrogen-bond acceptors (Lipinski definition) is 6. The number of nitrogens with zero attached hydrogens (tertiary/aromatic N) is 5. The second kappa shape index (κ2) is 9.54. The van der Waals surface area contributed by atoms with Crippen LogP contribution in [0.5, 0.6) is 0 Å². The zero-order chi connectivity index (χ0) is 20.1. The van der Waals surface area contributed by atoms with E-state index in [1.165, 1.54) is 35.7 Å². The highest BCUT2D eigenvalue weighted by atomic mass is 32.2. The van der Waals surface area contributed by atoms with Crippen LogP contribution in [0, 0.1) is 0 Å². The Hall–Kier alpha value is -2.19. The van der Waals surface area contributed by atoms with Gasteiger partial charge in [-0.1, -0.05) is 37.2 Å². The molecule has 1 amide bonds. The summed E-state index contributed by atoms with van der Waals surface area (Å²) in [6, 6.07) is 10.8. The normalized spacial score (nSPS) is 13.6. The predicted molar refractivity (Wildman–Crippen MR) is 116 cm³/mol. The predicted octanol–water partition coefficient (Wildman–Crippen LogP) is 4.35. The van der Waals surface area contributed by atoms with Crippen molar-refractivity contribution in [2.45, 2.75) is 56.8 Å². The minimum absolute atomic E-state index is 0.146. The fourth-order valence-electron chi connectivity index (χ4n) is 3.21. The Kier molecular flexibility index (Phi) is 6.61. The molecule has 8 heteroatoms. The Morgan fingerprint density at radius 2 is 2.07 bits per heavy atom. The van der Waals surface area contributed by atoms with E-state index in [0.29, 0.717) is 23.5 Å². The third-order valence-corrected chi connectivity index (χ3v) is 6.64. The molecule has 2 heterocycles. The molecule has 2 aromatic heterocycles. The van der Waals surface area contributed by atoms with Crippen LogP contribution in [0.3, 0.4) is 0 Å². The Labute approximate surface area is 179 Å². The second-order valence-electron chi connectivity index (χ2n) is 7.32. The SMILES string of the molecule is CCCCc1ccc(-n2nnnc2SCC(=O)N(Cc2ccsc2)C2CC2)cc1. The number of amides is 1. The van der Waals surface area contributed by atoms with Crippen molar-refractivity contribution in [1.82, 2.24) is 25.1 Å². The van der Waals surface area contributed by atoms with Gasteiger partial charge in [-0.15, -0.1) is 5.10 Å². The quantitative estimate of drug-likeness (QED) is 0.450. The minimum atomic E-state index is 0.146. The highest BCUT2D eigenvalue weighted by Gasteiger charge is 2.32. The number of carbonyl (C=O) groups excluding carboxylic acids is 1. The Morgan fingerprint density at radius 3 is 2.76 bits per heavy atom. The summed E-state index contributed by atoms with van der Waals surface area (Å²) < 4.78 is 1.71. The minimum Gasteiger partial charge on any atom is -0.335 e. The standard InChI is InChI=1S/C21H25N5OS2/c1-2-3-4-16-5-7-19(8-6-16)26-21(22-23-24-26)29-15-20(27)25(18-9-10-18)13-17-11-12-28-14-17/h5-8,11-12,14,18H,2-4,9-10,13,15H2,1H3. The van der Waals surface area contributed by atoms with Crippen molar-refractivity contribution in [1.29, 1.82) is 0 Å². The number of thiophene rings is 1. The van der Waals surface area contributed by atoms with Crippen molar-refractivity contribution < 1.29 is 4.79 Å². The molecule has 0 N–H and O–H groups in total. The zero-order valence-electron chi connectivity index (χ0n) is 16.5. The van der Waals surface area contributed by atoms with Gasteiger partial charge in [-0.2, -0.15) is 16.0 Å². The molecule has 1 fully saturated rings. The number of tetrazole rings is 1. The Bertz CT molecular complexity index is 919. The zero-order valence-corrected chi connectivity index (χ0v) is 18.2. The maximum atomic E-state index is 12.9. The molecular weight excluding hydrogens is 402 g/mol. The van der Waals surface area contributed by atoms with Crippen LogP contribution in [0.25, 0.3) is 5.69 Å². The van der Waals surface area contributed by atoms with Crippen LogP contribution in [0.2, 0.25) is 0 Å². The molecule has 0 aliphatic heterocycles. The first kappa shape index (κ1) is 20.1. The summed E-state index contributed by atoms with van der Waals surface area (Å²) in [5.41, 5.74) is 3.44. The Balaban J connectivity index is 1.39. The summed E-state index contributed by atoms with van der Waals surface area (Å²) in [6.07, 6.45) is 5.67. The molecular formula is C21H25N5OS2. The van der Waals surface area contributed by atoms with Crippen LogP contribution in [0.15, 0.2) is 46.2 Å². The smallest absolute Gasteiger partial charge is 0.233 e. The van der Waals surface area contributed by atoms with Gasteiger partial charge in [0, 0.05) is 12.6 Å². The largest absolute Gasteiger partial charge is 0.335 e.